The van der Waals surface area contributed by atoms with Crippen LogP contribution in [0.25, 0.3) is 16.9 Å². The Morgan fingerprint density at radius 2 is 1.40 bits per heavy atom. The van der Waals surface area contributed by atoms with Gasteiger partial charge in [-0.25, -0.2) is 4.68 Å². The molecule has 0 bridgehead atoms. The van der Waals surface area contributed by atoms with Gasteiger partial charge in [-0.2, -0.15) is 5.10 Å². The fourth-order valence-electron chi connectivity index (χ4n) is 3.85. The van der Waals surface area contributed by atoms with E-state index in [2.05, 4.69) is 10.6 Å². The summed E-state index contributed by atoms with van der Waals surface area (Å²) in [4.78, 5) is 13.0. The van der Waals surface area contributed by atoms with Crippen molar-refractivity contribution in [2.45, 2.75) is 0 Å². The summed E-state index contributed by atoms with van der Waals surface area (Å²) in [6.45, 7) is 0. The van der Waals surface area contributed by atoms with Crippen LogP contribution in [0.3, 0.4) is 0 Å². The summed E-state index contributed by atoms with van der Waals surface area (Å²) < 4.78 is 7.21. The van der Waals surface area contributed by atoms with Gasteiger partial charge in [-0.1, -0.05) is 72.8 Å². The molecular weight excluding hydrogens is 436 g/mol. The number of anilines is 3. The summed E-state index contributed by atoms with van der Waals surface area (Å²) in [7, 11) is 1.55. The van der Waals surface area contributed by atoms with Gasteiger partial charge in [-0.15, -0.1) is 0 Å². The summed E-state index contributed by atoms with van der Waals surface area (Å²) >= 11 is 0. The number of aromatic nitrogens is 2. The predicted molar refractivity (Wildman–Crippen MR) is 140 cm³/mol. The standard InChI is InChI=1S/C29H24N4O2/c1-35-27-19-11-8-16-23(27)29(34)31-25-18-10-9-17-24(25)30-28-20-26(21-12-4-2-5-13-21)32-33(28)22-14-6-3-7-15-22/h2-20,30H,1H3,(H,31,34). The molecule has 0 aliphatic carbocycles. The van der Waals surface area contributed by atoms with E-state index in [1.54, 1.807) is 19.2 Å². The molecule has 1 aromatic heterocycles. The molecule has 0 fully saturated rings. The van der Waals surface area contributed by atoms with Gasteiger partial charge in [0.25, 0.3) is 5.91 Å². The summed E-state index contributed by atoms with van der Waals surface area (Å²) in [5, 5.41) is 11.3. The maximum atomic E-state index is 13.0. The lowest BCUT2D eigenvalue weighted by Crippen LogP contribution is -2.14. The van der Waals surface area contributed by atoms with Crippen LogP contribution >= 0.6 is 0 Å². The molecule has 0 aliphatic heterocycles. The van der Waals surface area contributed by atoms with Crippen molar-refractivity contribution < 1.29 is 9.53 Å². The van der Waals surface area contributed by atoms with E-state index in [0.717, 1.165) is 28.5 Å². The second-order valence-corrected chi connectivity index (χ2v) is 7.85. The molecule has 0 spiro atoms. The molecule has 35 heavy (non-hydrogen) atoms. The number of benzene rings is 4. The van der Waals surface area contributed by atoms with Gasteiger partial charge in [0.1, 0.15) is 11.6 Å². The number of carbonyl (C=O) groups is 1. The number of nitrogens with one attached hydrogen (secondary N) is 2. The normalized spacial score (nSPS) is 10.5. The Labute approximate surface area is 203 Å². The zero-order valence-electron chi connectivity index (χ0n) is 19.2. The lowest BCUT2D eigenvalue weighted by Gasteiger charge is -2.15. The Morgan fingerprint density at radius 1 is 0.771 bits per heavy atom. The van der Waals surface area contributed by atoms with Crippen LogP contribution in [0.2, 0.25) is 0 Å². The van der Waals surface area contributed by atoms with E-state index in [4.69, 9.17) is 9.84 Å². The topological polar surface area (TPSA) is 68.2 Å². The van der Waals surface area contributed by atoms with E-state index in [1.807, 2.05) is 108 Å². The van der Waals surface area contributed by atoms with Gasteiger partial charge < -0.3 is 15.4 Å². The fraction of sp³-hybridized carbons (Fsp3) is 0.0345. The minimum Gasteiger partial charge on any atom is -0.496 e. The molecule has 0 saturated carbocycles. The van der Waals surface area contributed by atoms with Crippen molar-refractivity contribution in [1.29, 1.82) is 0 Å². The number of hydrogen-bond donors (Lipinski definition) is 2. The van der Waals surface area contributed by atoms with Gasteiger partial charge in [-0.05, 0) is 36.4 Å². The predicted octanol–water partition coefficient (Wildman–Crippen LogP) is 6.54. The van der Waals surface area contributed by atoms with Gasteiger partial charge in [0.2, 0.25) is 0 Å². The molecule has 0 radical (unpaired) electrons. The number of nitrogens with zero attached hydrogens (tertiary/aromatic N) is 2. The SMILES string of the molecule is COc1ccccc1C(=O)Nc1ccccc1Nc1cc(-c2ccccc2)nn1-c1ccccc1. The lowest BCUT2D eigenvalue weighted by molar-refractivity contribution is 0.102. The van der Waals surface area contributed by atoms with Crippen LogP contribution in [0.15, 0.2) is 115 Å². The van der Waals surface area contributed by atoms with Crippen molar-refractivity contribution in [1.82, 2.24) is 9.78 Å². The first-order valence-corrected chi connectivity index (χ1v) is 11.2. The summed E-state index contributed by atoms with van der Waals surface area (Å²) in [5.74, 6) is 1.04. The first kappa shape index (κ1) is 22.0. The second-order valence-electron chi connectivity index (χ2n) is 7.85. The maximum Gasteiger partial charge on any atom is 0.259 e. The number of amides is 1. The van der Waals surface area contributed by atoms with Crippen LogP contribution in [0.4, 0.5) is 17.2 Å². The minimum atomic E-state index is -0.252. The molecule has 0 aliphatic rings. The van der Waals surface area contributed by atoms with E-state index in [-0.39, 0.29) is 5.91 Å². The molecule has 6 nitrogen and oxygen atoms in total. The molecule has 6 heteroatoms. The van der Waals surface area contributed by atoms with Crippen LogP contribution in [0, 0.1) is 0 Å². The van der Waals surface area contributed by atoms with Gasteiger partial charge >= 0.3 is 0 Å². The average Bonchev–Trinajstić information content (AvgIpc) is 3.34. The van der Waals surface area contributed by atoms with Gasteiger partial charge in [-0.3, -0.25) is 4.79 Å². The van der Waals surface area contributed by atoms with E-state index in [1.165, 1.54) is 0 Å². The Balaban J connectivity index is 1.50. The van der Waals surface area contributed by atoms with Crippen LogP contribution in [0.5, 0.6) is 5.75 Å². The van der Waals surface area contributed by atoms with E-state index in [9.17, 15) is 4.79 Å². The largest absolute Gasteiger partial charge is 0.496 e. The Kier molecular flexibility index (Phi) is 6.26. The second kappa shape index (κ2) is 9.97. The third-order valence-electron chi connectivity index (χ3n) is 5.57. The number of ether oxygens (including phenoxy) is 1. The quantitative estimate of drug-likeness (QED) is 0.289. The third-order valence-corrected chi connectivity index (χ3v) is 5.57. The van der Waals surface area contributed by atoms with Crippen molar-refractivity contribution in [3.05, 3.63) is 121 Å². The zero-order valence-corrected chi connectivity index (χ0v) is 19.2. The highest BCUT2D eigenvalue weighted by Crippen LogP contribution is 2.31. The number of methoxy groups -OCH3 is 1. The summed E-state index contributed by atoms with van der Waals surface area (Å²) in [6.07, 6.45) is 0. The van der Waals surface area contributed by atoms with Gasteiger partial charge in [0.15, 0.2) is 0 Å². The molecule has 5 aromatic rings. The van der Waals surface area contributed by atoms with Crippen molar-refractivity contribution in [3.63, 3.8) is 0 Å². The lowest BCUT2D eigenvalue weighted by atomic mass is 10.1. The van der Waals surface area contributed by atoms with Crippen LogP contribution < -0.4 is 15.4 Å². The Morgan fingerprint density at radius 3 is 2.14 bits per heavy atom. The number of carbonyl (C=O) groups excluding carboxylic acids is 1. The maximum absolute atomic E-state index is 13.0. The number of para-hydroxylation sites is 4. The molecule has 0 unspecified atom stereocenters. The first-order chi connectivity index (χ1) is 17.2. The van der Waals surface area contributed by atoms with E-state index >= 15 is 0 Å². The monoisotopic (exact) mass is 460 g/mol. The van der Waals surface area contributed by atoms with Crippen molar-refractivity contribution in [3.8, 4) is 22.7 Å². The minimum absolute atomic E-state index is 0.252. The molecule has 1 amide bonds. The first-order valence-electron chi connectivity index (χ1n) is 11.2. The van der Waals surface area contributed by atoms with E-state index < -0.39 is 0 Å². The summed E-state index contributed by atoms with van der Waals surface area (Å²) in [6, 6.07) is 36.7. The number of rotatable bonds is 7. The smallest absolute Gasteiger partial charge is 0.259 e. The fourth-order valence-corrected chi connectivity index (χ4v) is 3.85. The average molecular weight is 461 g/mol. The molecule has 4 aromatic carbocycles. The summed E-state index contributed by atoms with van der Waals surface area (Å²) in [5.41, 5.74) is 4.63. The van der Waals surface area contributed by atoms with Crippen LogP contribution in [-0.4, -0.2) is 22.8 Å². The van der Waals surface area contributed by atoms with Crippen LogP contribution in [0.1, 0.15) is 10.4 Å². The Hall–Kier alpha value is -4.84. The molecule has 0 atom stereocenters. The van der Waals surface area contributed by atoms with E-state index in [0.29, 0.717) is 17.0 Å². The van der Waals surface area contributed by atoms with Gasteiger partial charge in [0, 0.05) is 11.6 Å². The van der Waals surface area contributed by atoms with Gasteiger partial charge in [0.05, 0.1) is 35.4 Å². The van der Waals surface area contributed by atoms with Crippen LogP contribution in [-0.2, 0) is 0 Å². The molecule has 1 heterocycles. The molecular formula is C29H24N4O2. The molecule has 0 saturated heterocycles. The highest BCUT2D eigenvalue weighted by atomic mass is 16.5. The highest BCUT2D eigenvalue weighted by Gasteiger charge is 2.16. The number of hydrogen-bond acceptors (Lipinski definition) is 4. The third kappa shape index (κ3) is 4.77. The molecule has 172 valence electrons. The molecule has 5 rings (SSSR count). The van der Waals surface area contributed by atoms with Crippen molar-refractivity contribution in [2.75, 3.05) is 17.7 Å². The van der Waals surface area contributed by atoms with Crippen molar-refractivity contribution in [2.24, 2.45) is 0 Å². The highest BCUT2D eigenvalue weighted by molar-refractivity contribution is 6.07. The Bertz CT molecular complexity index is 1450. The zero-order chi connectivity index (χ0) is 24.0. The van der Waals surface area contributed by atoms with Crippen molar-refractivity contribution >= 4 is 23.1 Å². The molecule has 2 N–H and O–H groups in total.